The minimum Gasteiger partial charge on any atom is -0.491 e. The number of hydrogen-bond donors (Lipinski definition) is 0. The van der Waals surface area contributed by atoms with Crippen LogP contribution in [0, 0.1) is 0 Å². The van der Waals surface area contributed by atoms with Gasteiger partial charge < -0.3 is 14.4 Å². The predicted octanol–water partition coefficient (Wildman–Crippen LogP) is 5.93. The third-order valence-corrected chi connectivity index (χ3v) is 8.34. The molecule has 2 atom stereocenters. The van der Waals surface area contributed by atoms with E-state index >= 15 is 4.79 Å². The van der Waals surface area contributed by atoms with Crippen LogP contribution in [0.2, 0.25) is 0 Å². The molecule has 0 spiro atoms. The van der Waals surface area contributed by atoms with E-state index in [0.29, 0.717) is 0 Å². The normalized spacial score (nSPS) is 18.1. The zero-order chi connectivity index (χ0) is 30.1. The Bertz CT molecular complexity index is 1660. The van der Waals surface area contributed by atoms with E-state index in [0.717, 1.165) is 33.4 Å². The summed E-state index contributed by atoms with van der Waals surface area (Å²) in [5.41, 5.74) is 3.90. The van der Waals surface area contributed by atoms with Crippen LogP contribution in [0.25, 0.3) is 11.1 Å². The zero-order valence-corrected chi connectivity index (χ0v) is 24.1. The molecule has 7 nitrogen and oxygen atoms in total. The Morgan fingerprint density at radius 1 is 0.791 bits per heavy atom. The molecule has 7 heteroatoms. The van der Waals surface area contributed by atoms with Gasteiger partial charge in [0, 0.05) is 6.54 Å². The van der Waals surface area contributed by atoms with Gasteiger partial charge in [0.25, 0.3) is 0 Å². The van der Waals surface area contributed by atoms with Crippen molar-refractivity contribution >= 4 is 17.8 Å². The summed E-state index contributed by atoms with van der Waals surface area (Å²) in [4.78, 5) is 46.2. The van der Waals surface area contributed by atoms with E-state index in [1.54, 1.807) is 11.8 Å². The molecule has 1 heterocycles. The van der Waals surface area contributed by atoms with Gasteiger partial charge in [-0.15, -0.1) is 0 Å². The number of carbonyl (C=O) groups excluding carboxylic acids is 3. The Labute approximate surface area is 251 Å². The van der Waals surface area contributed by atoms with Crippen molar-refractivity contribution in [2.75, 3.05) is 13.7 Å². The highest BCUT2D eigenvalue weighted by Crippen LogP contribution is 2.56. The molecular weight excluding hydrogens is 540 g/mol. The van der Waals surface area contributed by atoms with Crippen molar-refractivity contribution in [3.8, 4) is 11.1 Å². The first kappa shape index (κ1) is 28.0. The van der Waals surface area contributed by atoms with Gasteiger partial charge in [0.1, 0.15) is 11.6 Å². The van der Waals surface area contributed by atoms with Crippen molar-refractivity contribution < 1.29 is 23.9 Å². The topological polar surface area (TPSA) is 76.2 Å². The van der Waals surface area contributed by atoms with Gasteiger partial charge in [-0.3, -0.25) is 9.69 Å². The molecule has 0 saturated carbocycles. The van der Waals surface area contributed by atoms with Gasteiger partial charge in [-0.05, 0) is 40.3 Å². The predicted molar refractivity (Wildman–Crippen MR) is 163 cm³/mol. The third kappa shape index (κ3) is 4.31. The van der Waals surface area contributed by atoms with Crippen LogP contribution in [-0.4, -0.2) is 53.4 Å². The van der Waals surface area contributed by atoms with E-state index in [9.17, 15) is 9.59 Å². The minimum atomic E-state index is -1.31. The third-order valence-electron chi connectivity index (χ3n) is 8.34. The first-order chi connectivity index (χ1) is 20.9. The maximum absolute atomic E-state index is 15.0. The number of nitrogens with zero attached hydrogens (tertiary/aromatic N) is 2. The maximum atomic E-state index is 15.0. The van der Waals surface area contributed by atoms with Crippen molar-refractivity contribution in [1.29, 1.82) is 0 Å². The van der Waals surface area contributed by atoms with Gasteiger partial charge in [0.15, 0.2) is 11.8 Å². The van der Waals surface area contributed by atoms with Crippen molar-refractivity contribution in [1.82, 2.24) is 9.80 Å². The Balaban J connectivity index is 1.66. The lowest BCUT2D eigenvalue weighted by atomic mass is 9.78. The van der Waals surface area contributed by atoms with Crippen molar-refractivity contribution in [3.63, 3.8) is 0 Å². The minimum absolute atomic E-state index is 0.0909. The number of rotatable bonds is 9. The summed E-state index contributed by atoms with van der Waals surface area (Å²) >= 11 is 0. The molecular formula is C36H32N2O5. The van der Waals surface area contributed by atoms with E-state index in [1.165, 1.54) is 12.0 Å². The Morgan fingerprint density at radius 3 is 1.88 bits per heavy atom. The second kappa shape index (κ2) is 11.2. The molecule has 4 aromatic rings. The monoisotopic (exact) mass is 572 g/mol. The Morgan fingerprint density at radius 2 is 1.33 bits per heavy atom. The van der Waals surface area contributed by atoms with E-state index in [4.69, 9.17) is 9.47 Å². The van der Waals surface area contributed by atoms with Gasteiger partial charge in [0.05, 0.1) is 13.7 Å². The van der Waals surface area contributed by atoms with Gasteiger partial charge >= 0.3 is 12.0 Å². The summed E-state index contributed by atoms with van der Waals surface area (Å²) in [6.45, 7) is 5.92. The Kier molecular flexibility index (Phi) is 7.32. The number of urea groups is 1. The summed E-state index contributed by atoms with van der Waals surface area (Å²) in [7, 11) is 1.27. The largest absolute Gasteiger partial charge is 0.491 e. The van der Waals surface area contributed by atoms with Crippen LogP contribution in [0.15, 0.2) is 122 Å². The SMILES string of the molecule is C=C(OCC)C(=O)[C@@H]1[C@@H](C(=O)OC)N(C2(c3ccccc3)c3ccccc3-c3ccccc32)C(=O)N1Cc1ccccc1. The summed E-state index contributed by atoms with van der Waals surface area (Å²) in [6, 6.07) is 31.8. The van der Waals surface area contributed by atoms with Crippen LogP contribution in [-0.2, 0) is 31.1 Å². The molecule has 0 N–H and O–H groups in total. The lowest BCUT2D eigenvalue weighted by Gasteiger charge is -2.43. The van der Waals surface area contributed by atoms with Gasteiger partial charge in [-0.25, -0.2) is 9.59 Å². The van der Waals surface area contributed by atoms with Gasteiger partial charge in [-0.1, -0.05) is 116 Å². The van der Waals surface area contributed by atoms with Gasteiger partial charge in [0.2, 0.25) is 5.78 Å². The lowest BCUT2D eigenvalue weighted by molar-refractivity contribution is -0.149. The molecule has 2 amide bonds. The molecule has 1 fully saturated rings. The van der Waals surface area contributed by atoms with Crippen LogP contribution in [0.3, 0.4) is 0 Å². The molecule has 1 aliphatic carbocycles. The maximum Gasteiger partial charge on any atom is 0.331 e. The molecule has 2 aliphatic rings. The van der Waals surface area contributed by atoms with Gasteiger partial charge in [-0.2, -0.15) is 0 Å². The van der Waals surface area contributed by atoms with Crippen LogP contribution in [0.1, 0.15) is 29.2 Å². The summed E-state index contributed by atoms with van der Waals surface area (Å²) in [5, 5.41) is 0. The van der Waals surface area contributed by atoms with E-state index in [-0.39, 0.29) is 18.9 Å². The molecule has 216 valence electrons. The molecule has 0 radical (unpaired) electrons. The highest BCUT2D eigenvalue weighted by molar-refractivity contribution is 6.07. The number of hydrogen-bond acceptors (Lipinski definition) is 5. The van der Waals surface area contributed by atoms with Crippen molar-refractivity contribution in [3.05, 3.63) is 144 Å². The summed E-state index contributed by atoms with van der Waals surface area (Å²) in [5.74, 6) is -1.37. The summed E-state index contributed by atoms with van der Waals surface area (Å²) in [6.07, 6.45) is 0. The van der Waals surface area contributed by atoms with Crippen molar-refractivity contribution in [2.24, 2.45) is 0 Å². The van der Waals surface area contributed by atoms with Crippen molar-refractivity contribution in [2.45, 2.75) is 31.1 Å². The second-order valence-corrected chi connectivity index (χ2v) is 10.6. The van der Waals surface area contributed by atoms with Crippen LogP contribution < -0.4 is 0 Å². The molecule has 0 bridgehead atoms. The number of esters is 1. The zero-order valence-electron chi connectivity index (χ0n) is 24.1. The average molecular weight is 573 g/mol. The number of ether oxygens (including phenoxy) is 2. The number of amides is 2. The quantitative estimate of drug-likeness (QED) is 0.141. The smallest absolute Gasteiger partial charge is 0.331 e. The van der Waals surface area contributed by atoms with Crippen LogP contribution in [0.5, 0.6) is 0 Å². The number of benzene rings is 4. The lowest BCUT2D eigenvalue weighted by Crippen LogP contribution is -2.56. The second-order valence-electron chi connectivity index (χ2n) is 10.6. The fourth-order valence-electron chi connectivity index (χ4n) is 6.64. The molecule has 0 aromatic heterocycles. The molecule has 1 aliphatic heterocycles. The summed E-state index contributed by atoms with van der Waals surface area (Å²) < 4.78 is 10.9. The fraction of sp³-hybridized carbons (Fsp3) is 0.194. The highest BCUT2D eigenvalue weighted by Gasteiger charge is 2.63. The molecule has 0 unspecified atom stereocenters. The van der Waals surface area contributed by atoms with E-state index < -0.39 is 35.4 Å². The van der Waals surface area contributed by atoms with Crippen LogP contribution >= 0.6 is 0 Å². The number of methoxy groups -OCH3 is 1. The number of carbonyl (C=O) groups is 3. The first-order valence-corrected chi connectivity index (χ1v) is 14.3. The fourth-order valence-corrected chi connectivity index (χ4v) is 6.64. The number of Topliss-reactive ketones (excluding diaryl/α,β-unsaturated/α-hetero) is 1. The van der Waals surface area contributed by atoms with E-state index in [2.05, 4.69) is 6.58 Å². The number of ketones is 1. The first-order valence-electron chi connectivity index (χ1n) is 14.3. The standard InChI is InChI=1S/C36H32N2O5/c1-4-43-24(2)33(39)31-32(34(40)42-3)38(35(41)37(31)23-25-15-7-5-8-16-25)36(26-17-9-6-10-18-26)29-21-13-11-19-27(29)28-20-12-14-22-30(28)36/h5-22,31-32H,2,4,23H2,1,3H3/t31-,32-/m0/s1. The molecule has 4 aromatic carbocycles. The highest BCUT2D eigenvalue weighted by atomic mass is 16.5. The average Bonchev–Trinajstić information content (AvgIpc) is 3.50. The molecule has 43 heavy (non-hydrogen) atoms. The Hall–Kier alpha value is -5.17. The van der Waals surface area contributed by atoms with Crippen LogP contribution in [0.4, 0.5) is 4.79 Å². The number of fused-ring (bicyclic) bond motifs is 3. The van der Waals surface area contributed by atoms with E-state index in [1.807, 2.05) is 109 Å². The molecule has 6 rings (SSSR count). The molecule has 1 saturated heterocycles.